The molecule has 118 valence electrons. The summed E-state index contributed by atoms with van der Waals surface area (Å²) in [5.41, 5.74) is 0.841. The summed E-state index contributed by atoms with van der Waals surface area (Å²) in [5.74, 6) is 0.777. The van der Waals surface area contributed by atoms with Gasteiger partial charge in [-0.25, -0.2) is 9.78 Å². The summed E-state index contributed by atoms with van der Waals surface area (Å²) < 4.78 is 11.7. The number of carbonyl (C=O) groups is 1. The Labute approximate surface area is 132 Å². The summed E-state index contributed by atoms with van der Waals surface area (Å²) in [6.45, 7) is 2.73. The number of rotatable bonds is 4. The van der Waals surface area contributed by atoms with Gasteiger partial charge in [-0.05, 0) is 38.0 Å². The minimum absolute atomic E-state index is 0.0167. The molecule has 0 bridgehead atoms. The zero-order chi connectivity index (χ0) is 15.5. The first-order chi connectivity index (χ1) is 10.7. The van der Waals surface area contributed by atoms with E-state index in [2.05, 4.69) is 15.6 Å². The summed E-state index contributed by atoms with van der Waals surface area (Å²) in [4.78, 5) is 16.4. The van der Waals surface area contributed by atoms with Crippen LogP contribution >= 0.6 is 11.3 Å². The predicted octanol–water partition coefficient (Wildman–Crippen LogP) is 2.99. The number of aromatic nitrogens is 1. The van der Waals surface area contributed by atoms with E-state index >= 15 is 0 Å². The largest absolute Gasteiger partial charge is 0.497 e. The highest BCUT2D eigenvalue weighted by Crippen LogP contribution is 2.29. The van der Waals surface area contributed by atoms with Crippen molar-refractivity contribution < 1.29 is 14.3 Å². The molecule has 0 saturated carbocycles. The molecule has 2 heterocycles. The van der Waals surface area contributed by atoms with E-state index in [-0.39, 0.29) is 18.2 Å². The van der Waals surface area contributed by atoms with E-state index in [1.54, 1.807) is 7.11 Å². The molecule has 1 aromatic heterocycles. The number of nitrogens with zero attached hydrogens (tertiary/aromatic N) is 1. The number of fused-ring (bicyclic) bond motifs is 1. The topological polar surface area (TPSA) is 72.5 Å². The number of urea groups is 1. The van der Waals surface area contributed by atoms with Crippen molar-refractivity contribution in [3.63, 3.8) is 0 Å². The molecule has 2 unspecified atom stereocenters. The Balaban J connectivity index is 1.63. The van der Waals surface area contributed by atoms with Gasteiger partial charge in [-0.2, -0.15) is 0 Å². The fourth-order valence-corrected chi connectivity index (χ4v) is 3.40. The molecule has 6 nitrogen and oxygen atoms in total. The van der Waals surface area contributed by atoms with Crippen LogP contribution < -0.4 is 15.4 Å². The number of hydrogen-bond acceptors (Lipinski definition) is 5. The number of hydrogen-bond donors (Lipinski definition) is 2. The molecular weight excluding hydrogens is 302 g/mol. The molecule has 1 fully saturated rings. The van der Waals surface area contributed by atoms with Crippen LogP contribution in [0.3, 0.4) is 0 Å². The maximum Gasteiger partial charge on any atom is 0.321 e. The Morgan fingerprint density at radius 1 is 1.55 bits per heavy atom. The number of anilines is 1. The van der Waals surface area contributed by atoms with E-state index in [9.17, 15) is 4.79 Å². The van der Waals surface area contributed by atoms with Crippen molar-refractivity contribution in [1.82, 2.24) is 10.3 Å². The summed E-state index contributed by atoms with van der Waals surface area (Å²) >= 11 is 1.42. The van der Waals surface area contributed by atoms with Gasteiger partial charge in [-0.3, -0.25) is 5.32 Å². The van der Waals surface area contributed by atoms with Gasteiger partial charge in [0.2, 0.25) is 0 Å². The molecule has 2 atom stereocenters. The molecule has 1 saturated heterocycles. The highest BCUT2D eigenvalue weighted by molar-refractivity contribution is 7.22. The van der Waals surface area contributed by atoms with Gasteiger partial charge in [0.15, 0.2) is 5.13 Å². The molecule has 7 heteroatoms. The third kappa shape index (κ3) is 3.31. The molecule has 0 spiro atoms. The van der Waals surface area contributed by atoms with Crippen molar-refractivity contribution in [2.45, 2.75) is 31.9 Å². The van der Waals surface area contributed by atoms with Crippen molar-refractivity contribution in [2.75, 3.05) is 19.0 Å². The average molecular weight is 321 g/mol. The third-order valence-electron chi connectivity index (χ3n) is 3.70. The number of amides is 2. The lowest BCUT2D eigenvalue weighted by Crippen LogP contribution is -2.42. The van der Waals surface area contributed by atoms with Crippen LogP contribution in [-0.2, 0) is 4.74 Å². The summed E-state index contributed by atoms with van der Waals surface area (Å²) in [5, 5.41) is 6.26. The SMILES string of the molecule is COc1ccc2nc(NC(=O)NC(C)C3CCCO3)sc2c1. The Kier molecular flexibility index (Phi) is 4.44. The summed E-state index contributed by atoms with van der Waals surface area (Å²) in [7, 11) is 1.63. The molecule has 0 aliphatic carbocycles. The van der Waals surface area contributed by atoms with Crippen LogP contribution in [0.15, 0.2) is 18.2 Å². The molecule has 2 amide bonds. The maximum atomic E-state index is 12.0. The molecule has 0 radical (unpaired) electrons. The molecule has 1 aliphatic rings. The monoisotopic (exact) mass is 321 g/mol. The fourth-order valence-electron chi connectivity index (χ4n) is 2.52. The number of carbonyl (C=O) groups excluding carboxylic acids is 1. The highest BCUT2D eigenvalue weighted by Gasteiger charge is 2.23. The van der Waals surface area contributed by atoms with Gasteiger partial charge in [0, 0.05) is 6.61 Å². The Hall–Kier alpha value is -1.86. The quantitative estimate of drug-likeness (QED) is 0.908. The first-order valence-corrected chi connectivity index (χ1v) is 8.11. The number of ether oxygens (including phenoxy) is 2. The Morgan fingerprint density at radius 2 is 2.41 bits per heavy atom. The van der Waals surface area contributed by atoms with Gasteiger partial charge in [0.05, 0.1) is 29.5 Å². The van der Waals surface area contributed by atoms with Gasteiger partial charge >= 0.3 is 6.03 Å². The first-order valence-electron chi connectivity index (χ1n) is 7.29. The second-order valence-corrected chi connectivity index (χ2v) is 6.32. The molecule has 1 aromatic carbocycles. The van der Waals surface area contributed by atoms with Crippen molar-refractivity contribution in [2.24, 2.45) is 0 Å². The second-order valence-electron chi connectivity index (χ2n) is 5.29. The molecule has 2 N–H and O–H groups in total. The Bertz CT molecular complexity index is 667. The van der Waals surface area contributed by atoms with Gasteiger partial charge < -0.3 is 14.8 Å². The zero-order valence-corrected chi connectivity index (χ0v) is 13.4. The maximum absolute atomic E-state index is 12.0. The lowest BCUT2D eigenvalue weighted by molar-refractivity contribution is 0.0868. The lowest BCUT2D eigenvalue weighted by atomic mass is 10.1. The van der Waals surface area contributed by atoms with Crippen LogP contribution in [0.2, 0.25) is 0 Å². The average Bonchev–Trinajstić information content (AvgIpc) is 3.15. The van der Waals surface area contributed by atoms with E-state index in [1.807, 2.05) is 25.1 Å². The van der Waals surface area contributed by atoms with Crippen LogP contribution in [0.4, 0.5) is 9.93 Å². The lowest BCUT2D eigenvalue weighted by Gasteiger charge is -2.19. The zero-order valence-electron chi connectivity index (χ0n) is 12.6. The van der Waals surface area contributed by atoms with Crippen LogP contribution in [0.5, 0.6) is 5.75 Å². The van der Waals surface area contributed by atoms with Crippen LogP contribution in [0.1, 0.15) is 19.8 Å². The van der Waals surface area contributed by atoms with E-state index in [0.717, 1.165) is 35.4 Å². The third-order valence-corrected chi connectivity index (χ3v) is 4.63. The second kappa shape index (κ2) is 6.50. The minimum Gasteiger partial charge on any atom is -0.497 e. The highest BCUT2D eigenvalue weighted by atomic mass is 32.1. The predicted molar refractivity (Wildman–Crippen MR) is 86.8 cm³/mol. The van der Waals surface area contributed by atoms with E-state index in [4.69, 9.17) is 9.47 Å². The molecular formula is C15H19N3O3S. The standard InChI is InChI=1S/C15H19N3O3S/c1-9(12-4-3-7-21-12)16-14(19)18-15-17-11-6-5-10(20-2)8-13(11)22-15/h5-6,8-9,12H,3-4,7H2,1-2H3,(H2,16,17,18,19). The van der Waals surface area contributed by atoms with E-state index < -0.39 is 0 Å². The van der Waals surface area contributed by atoms with Crippen molar-refractivity contribution in [3.8, 4) is 5.75 Å². The van der Waals surface area contributed by atoms with Crippen molar-refractivity contribution in [1.29, 1.82) is 0 Å². The molecule has 22 heavy (non-hydrogen) atoms. The normalized spacial score (nSPS) is 19.1. The van der Waals surface area contributed by atoms with Crippen molar-refractivity contribution in [3.05, 3.63) is 18.2 Å². The van der Waals surface area contributed by atoms with E-state index in [1.165, 1.54) is 11.3 Å². The molecule has 3 rings (SSSR count). The first kappa shape index (κ1) is 15.1. The fraction of sp³-hybridized carbons (Fsp3) is 0.467. The number of benzene rings is 1. The van der Waals surface area contributed by atoms with Gasteiger partial charge in [-0.15, -0.1) is 0 Å². The summed E-state index contributed by atoms with van der Waals surface area (Å²) in [6, 6.07) is 5.37. The number of thiazole rings is 1. The number of nitrogens with one attached hydrogen (secondary N) is 2. The smallest absolute Gasteiger partial charge is 0.321 e. The van der Waals surface area contributed by atoms with Gasteiger partial charge in [-0.1, -0.05) is 11.3 Å². The molecule has 2 aromatic rings. The Morgan fingerprint density at radius 3 is 3.14 bits per heavy atom. The van der Waals surface area contributed by atoms with Crippen molar-refractivity contribution >= 4 is 32.7 Å². The minimum atomic E-state index is -0.256. The van der Waals surface area contributed by atoms with Crippen LogP contribution in [0, 0.1) is 0 Å². The van der Waals surface area contributed by atoms with Gasteiger partial charge in [0.25, 0.3) is 0 Å². The van der Waals surface area contributed by atoms with E-state index in [0.29, 0.717) is 5.13 Å². The van der Waals surface area contributed by atoms with Crippen LogP contribution in [0.25, 0.3) is 10.2 Å². The summed E-state index contributed by atoms with van der Waals surface area (Å²) in [6.07, 6.45) is 2.14. The van der Waals surface area contributed by atoms with Crippen LogP contribution in [-0.4, -0.2) is 36.9 Å². The van der Waals surface area contributed by atoms with Gasteiger partial charge in [0.1, 0.15) is 5.75 Å². The molecule has 1 aliphatic heterocycles. The number of methoxy groups -OCH3 is 1.